The van der Waals surface area contributed by atoms with Gasteiger partial charge in [-0.1, -0.05) is 12.1 Å². The highest BCUT2D eigenvalue weighted by Gasteiger charge is 2.23. The van der Waals surface area contributed by atoms with Gasteiger partial charge in [-0.25, -0.2) is 0 Å². The molecular formula is C11H10N2O2S. The van der Waals surface area contributed by atoms with E-state index in [4.69, 9.17) is 6.42 Å². The standard InChI is InChI=1S/C11H10N2O2S/c1-2-3-8-13-9-12-16(14,15)11-7-5-4-6-10(11)13/h1,4-7,9H,3,8H2. The Morgan fingerprint density at radius 1 is 1.38 bits per heavy atom. The molecule has 0 amide bonds. The van der Waals surface area contributed by atoms with Crippen LogP contribution < -0.4 is 4.90 Å². The van der Waals surface area contributed by atoms with Crippen molar-refractivity contribution in [3.63, 3.8) is 0 Å². The van der Waals surface area contributed by atoms with Crippen LogP contribution in [0.3, 0.4) is 0 Å². The third-order valence-electron chi connectivity index (χ3n) is 2.27. The highest BCUT2D eigenvalue weighted by Crippen LogP contribution is 2.28. The maximum absolute atomic E-state index is 11.6. The quantitative estimate of drug-likeness (QED) is 0.723. The van der Waals surface area contributed by atoms with Gasteiger partial charge in [-0.05, 0) is 12.1 Å². The number of rotatable bonds is 2. The largest absolute Gasteiger partial charge is 0.330 e. The number of anilines is 1. The Labute approximate surface area is 94.7 Å². The molecule has 0 atom stereocenters. The van der Waals surface area contributed by atoms with E-state index in [2.05, 4.69) is 10.3 Å². The van der Waals surface area contributed by atoms with Gasteiger partial charge in [0.15, 0.2) is 0 Å². The van der Waals surface area contributed by atoms with Crippen molar-refractivity contribution in [3.8, 4) is 12.3 Å². The van der Waals surface area contributed by atoms with Crippen LogP contribution in [0.2, 0.25) is 0 Å². The molecule has 0 unspecified atom stereocenters. The minimum Gasteiger partial charge on any atom is -0.330 e. The van der Waals surface area contributed by atoms with E-state index in [1.807, 2.05) is 0 Å². The van der Waals surface area contributed by atoms with Gasteiger partial charge in [0, 0.05) is 13.0 Å². The van der Waals surface area contributed by atoms with Gasteiger partial charge in [-0.15, -0.1) is 16.7 Å². The van der Waals surface area contributed by atoms with Crippen LogP contribution in [0.4, 0.5) is 5.69 Å². The number of hydrogen-bond donors (Lipinski definition) is 0. The van der Waals surface area contributed by atoms with Crippen LogP contribution in [0.25, 0.3) is 0 Å². The Hall–Kier alpha value is -1.80. The van der Waals surface area contributed by atoms with Crippen LogP contribution in [0.15, 0.2) is 33.6 Å². The number of terminal acetylenes is 1. The van der Waals surface area contributed by atoms with Gasteiger partial charge in [0.25, 0.3) is 10.0 Å². The lowest BCUT2D eigenvalue weighted by Crippen LogP contribution is -2.27. The summed E-state index contributed by atoms with van der Waals surface area (Å²) in [6.07, 6.45) is 7.04. The minimum atomic E-state index is -3.52. The monoisotopic (exact) mass is 234 g/mol. The summed E-state index contributed by atoms with van der Waals surface area (Å²) in [6, 6.07) is 6.76. The molecule has 0 aromatic heterocycles. The van der Waals surface area contributed by atoms with Gasteiger partial charge in [0.05, 0.1) is 5.69 Å². The summed E-state index contributed by atoms with van der Waals surface area (Å²) in [4.78, 5) is 1.98. The third kappa shape index (κ3) is 1.79. The third-order valence-corrected chi connectivity index (χ3v) is 3.55. The Morgan fingerprint density at radius 2 is 2.12 bits per heavy atom. The first kappa shape index (κ1) is 10.7. The first-order valence-corrected chi connectivity index (χ1v) is 6.19. The van der Waals surface area contributed by atoms with Crippen molar-refractivity contribution in [1.82, 2.24) is 0 Å². The van der Waals surface area contributed by atoms with E-state index in [-0.39, 0.29) is 4.90 Å². The summed E-state index contributed by atoms with van der Waals surface area (Å²) in [6.45, 7) is 0.562. The normalized spacial score (nSPS) is 16.6. The Balaban J connectivity index is 2.46. The van der Waals surface area contributed by atoms with Gasteiger partial charge < -0.3 is 4.90 Å². The molecule has 0 N–H and O–H groups in total. The van der Waals surface area contributed by atoms with Crippen LogP contribution in [-0.4, -0.2) is 21.3 Å². The van der Waals surface area contributed by atoms with E-state index in [9.17, 15) is 8.42 Å². The van der Waals surface area contributed by atoms with Crippen molar-refractivity contribution >= 4 is 22.0 Å². The average Bonchev–Trinajstić information content (AvgIpc) is 2.29. The summed E-state index contributed by atoms with van der Waals surface area (Å²) in [5, 5.41) is 0. The predicted molar refractivity (Wildman–Crippen MR) is 62.9 cm³/mol. The lowest BCUT2D eigenvalue weighted by atomic mass is 10.3. The van der Waals surface area contributed by atoms with E-state index < -0.39 is 10.0 Å². The molecular weight excluding hydrogens is 224 g/mol. The van der Waals surface area contributed by atoms with Crippen molar-refractivity contribution < 1.29 is 8.42 Å². The van der Waals surface area contributed by atoms with E-state index in [1.165, 1.54) is 6.34 Å². The number of benzene rings is 1. The molecule has 16 heavy (non-hydrogen) atoms. The fourth-order valence-electron chi connectivity index (χ4n) is 1.51. The van der Waals surface area contributed by atoms with Gasteiger partial charge in [0.1, 0.15) is 11.2 Å². The molecule has 0 radical (unpaired) electrons. The average molecular weight is 234 g/mol. The van der Waals surface area contributed by atoms with E-state index in [0.29, 0.717) is 18.7 Å². The molecule has 0 saturated heterocycles. The minimum absolute atomic E-state index is 0.231. The smallest absolute Gasteiger partial charge is 0.285 e. The van der Waals surface area contributed by atoms with Crippen molar-refractivity contribution in [1.29, 1.82) is 0 Å². The zero-order chi connectivity index (χ0) is 11.6. The number of hydrogen-bond acceptors (Lipinski definition) is 3. The van der Waals surface area contributed by atoms with E-state index in [0.717, 1.165) is 0 Å². The van der Waals surface area contributed by atoms with Crippen LogP contribution in [-0.2, 0) is 10.0 Å². The fraction of sp³-hybridized carbons (Fsp3) is 0.182. The molecule has 4 nitrogen and oxygen atoms in total. The summed E-state index contributed by atoms with van der Waals surface area (Å²) >= 11 is 0. The van der Waals surface area contributed by atoms with Crippen LogP contribution in [0.5, 0.6) is 0 Å². The number of para-hydroxylation sites is 1. The lowest BCUT2D eigenvalue weighted by molar-refractivity contribution is 0.597. The maximum atomic E-state index is 11.6. The second kappa shape index (κ2) is 3.99. The van der Waals surface area contributed by atoms with Gasteiger partial charge in [-0.3, -0.25) is 0 Å². The molecule has 82 valence electrons. The van der Waals surface area contributed by atoms with Crippen molar-refractivity contribution in [3.05, 3.63) is 24.3 Å². The molecule has 0 bridgehead atoms. The van der Waals surface area contributed by atoms with Crippen molar-refractivity contribution in [2.75, 3.05) is 11.4 Å². The molecule has 0 fully saturated rings. The molecule has 0 aliphatic carbocycles. The summed E-state index contributed by atoms with van der Waals surface area (Å²) in [5.74, 6) is 2.51. The van der Waals surface area contributed by atoms with E-state index in [1.54, 1.807) is 29.2 Å². The first-order chi connectivity index (χ1) is 7.65. The zero-order valence-corrected chi connectivity index (χ0v) is 9.31. The molecule has 1 aliphatic heterocycles. The maximum Gasteiger partial charge on any atom is 0.285 e. The van der Waals surface area contributed by atoms with E-state index >= 15 is 0 Å². The molecule has 0 saturated carbocycles. The zero-order valence-electron chi connectivity index (χ0n) is 8.50. The Bertz CT molecular complexity index is 570. The molecule has 2 rings (SSSR count). The van der Waals surface area contributed by atoms with Crippen LogP contribution in [0, 0.1) is 12.3 Å². The van der Waals surface area contributed by atoms with Crippen LogP contribution >= 0.6 is 0 Å². The number of nitrogens with zero attached hydrogens (tertiary/aromatic N) is 2. The van der Waals surface area contributed by atoms with Crippen LogP contribution in [0.1, 0.15) is 6.42 Å². The Morgan fingerprint density at radius 3 is 2.88 bits per heavy atom. The SMILES string of the molecule is C#CCCN1C=NS(=O)(=O)c2ccccc21. The summed E-state index contributed by atoms with van der Waals surface area (Å²) < 4.78 is 26.8. The van der Waals surface area contributed by atoms with Crippen molar-refractivity contribution in [2.45, 2.75) is 11.3 Å². The van der Waals surface area contributed by atoms with Gasteiger partial charge >= 0.3 is 0 Å². The number of fused-ring (bicyclic) bond motifs is 1. The molecule has 1 heterocycles. The first-order valence-electron chi connectivity index (χ1n) is 4.75. The molecule has 0 spiro atoms. The molecule has 5 heteroatoms. The molecule has 1 aromatic rings. The second-order valence-corrected chi connectivity index (χ2v) is 4.91. The molecule has 1 aromatic carbocycles. The predicted octanol–water partition coefficient (Wildman–Crippen LogP) is 1.25. The Kier molecular flexibility index (Phi) is 2.67. The fourth-order valence-corrected chi connectivity index (χ4v) is 2.57. The number of sulfonamides is 1. The topological polar surface area (TPSA) is 49.7 Å². The highest BCUT2D eigenvalue weighted by atomic mass is 32.2. The van der Waals surface area contributed by atoms with Gasteiger partial charge in [0.2, 0.25) is 0 Å². The summed E-state index contributed by atoms with van der Waals surface area (Å²) in [7, 11) is -3.52. The van der Waals surface area contributed by atoms with Gasteiger partial charge in [-0.2, -0.15) is 8.42 Å². The van der Waals surface area contributed by atoms with Crippen molar-refractivity contribution in [2.24, 2.45) is 4.40 Å². The second-order valence-electron chi connectivity index (χ2n) is 3.31. The summed E-state index contributed by atoms with van der Waals surface area (Å²) in [5.41, 5.74) is 0.632. The lowest BCUT2D eigenvalue weighted by Gasteiger charge is -2.23. The highest BCUT2D eigenvalue weighted by molar-refractivity contribution is 7.90. The molecule has 1 aliphatic rings.